The van der Waals surface area contributed by atoms with Crippen LogP contribution in [0.2, 0.25) is 0 Å². The van der Waals surface area contributed by atoms with E-state index < -0.39 is 28.9 Å². The summed E-state index contributed by atoms with van der Waals surface area (Å²) in [6.45, 7) is 1.56. The number of nitro benzene ring substituents is 1. The van der Waals surface area contributed by atoms with Gasteiger partial charge in [0.1, 0.15) is 12.1 Å². The van der Waals surface area contributed by atoms with Gasteiger partial charge in [0, 0.05) is 24.4 Å². The number of imide groups is 1. The van der Waals surface area contributed by atoms with Crippen molar-refractivity contribution in [3.8, 4) is 0 Å². The standard InChI is InChI=1S/C20H18N4O5/c1-20(14-6-4-7-15(11-14)24(28)29)18(26)23(19(27)21-20)12-17(25)22-10-9-13-5-2-3-8-16(13)22/h2-8,11H,9-10,12H2,1H3,(H,21,27). The Kier molecular flexibility index (Phi) is 4.30. The Morgan fingerprint density at radius 3 is 2.72 bits per heavy atom. The summed E-state index contributed by atoms with van der Waals surface area (Å²) in [4.78, 5) is 51.2. The van der Waals surface area contributed by atoms with Gasteiger partial charge in [-0.15, -0.1) is 0 Å². The van der Waals surface area contributed by atoms with Gasteiger partial charge >= 0.3 is 6.03 Å². The van der Waals surface area contributed by atoms with Crippen LogP contribution in [0.3, 0.4) is 0 Å². The number of urea groups is 1. The van der Waals surface area contributed by atoms with E-state index in [1.807, 2.05) is 24.3 Å². The van der Waals surface area contributed by atoms with E-state index in [4.69, 9.17) is 0 Å². The molecule has 2 aliphatic heterocycles. The number of nitro groups is 1. The fourth-order valence-corrected chi connectivity index (χ4v) is 3.78. The Balaban J connectivity index is 1.57. The van der Waals surface area contributed by atoms with Crippen molar-refractivity contribution >= 4 is 29.2 Å². The summed E-state index contributed by atoms with van der Waals surface area (Å²) in [5.74, 6) is -0.981. The molecule has 2 heterocycles. The molecular weight excluding hydrogens is 376 g/mol. The second-order valence-corrected chi connectivity index (χ2v) is 7.18. The van der Waals surface area contributed by atoms with Crippen molar-refractivity contribution in [3.63, 3.8) is 0 Å². The Morgan fingerprint density at radius 2 is 1.97 bits per heavy atom. The minimum Gasteiger partial charge on any atom is -0.319 e. The molecule has 9 nitrogen and oxygen atoms in total. The Hall–Kier alpha value is -3.75. The minimum atomic E-state index is -1.48. The number of nitrogens with zero attached hydrogens (tertiary/aromatic N) is 3. The molecule has 4 rings (SSSR count). The molecule has 9 heteroatoms. The fourth-order valence-electron chi connectivity index (χ4n) is 3.78. The highest BCUT2D eigenvalue weighted by molar-refractivity contribution is 6.10. The van der Waals surface area contributed by atoms with Gasteiger partial charge in [-0.25, -0.2) is 4.79 Å². The molecule has 0 aliphatic carbocycles. The predicted molar refractivity (Wildman–Crippen MR) is 103 cm³/mol. The average molecular weight is 394 g/mol. The predicted octanol–water partition coefficient (Wildman–Crippen LogP) is 1.95. The van der Waals surface area contributed by atoms with Gasteiger partial charge in [0.25, 0.3) is 11.6 Å². The maximum absolute atomic E-state index is 13.0. The number of hydrogen-bond donors (Lipinski definition) is 1. The van der Waals surface area contributed by atoms with E-state index >= 15 is 0 Å². The lowest BCUT2D eigenvalue weighted by Gasteiger charge is -2.23. The molecule has 2 aromatic rings. The number of amides is 4. The molecule has 0 aromatic heterocycles. The lowest BCUT2D eigenvalue weighted by Crippen LogP contribution is -2.44. The van der Waals surface area contributed by atoms with Crippen LogP contribution in [-0.4, -0.2) is 40.8 Å². The first-order valence-corrected chi connectivity index (χ1v) is 9.08. The van der Waals surface area contributed by atoms with E-state index in [1.54, 1.807) is 4.90 Å². The first kappa shape index (κ1) is 18.6. The number of fused-ring (bicyclic) bond motifs is 1. The molecule has 2 aromatic carbocycles. The topological polar surface area (TPSA) is 113 Å². The van der Waals surface area contributed by atoms with Crippen LogP contribution in [0.4, 0.5) is 16.2 Å². The van der Waals surface area contributed by atoms with E-state index in [0.29, 0.717) is 13.0 Å². The highest BCUT2D eigenvalue weighted by Crippen LogP contribution is 2.32. The summed E-state index contributed by atoms with van der Waals surface area (Å²) in [6.07, 6.45) is 0.716. The normalized spacial score (nSPS) is 20.6. The van der Waals surface area contributed by atoms with Crippen LogP contribution in [-0.2, 0) is 21.5 Å². The van der Waals surface area contributed by atoms with Crippen molar-refractivity contribution in [3.05, 3.63) is 69.8 Å². The average Bonchev–Trinajstić information content (AvgIpc) is 3.23. The number of carbonyl (C=O) groups excluding carboxylic acids is 3. The van der Waals surface area contributed by atoms with Crippen LogP contribution in [0, 0.1) is 10.1 Å². The third kappa shape index (κ3) is 3.00. The lowest BCUT2D eigenvalue weighted by atomic mass is 9.91. The highest BCUT2D eigenvalue weighted by atomic mass is 16.6. The van der Waals surface area contributed by atoms with Crippen molar-refractivity contribution in [2.75, 3.05) is 18.0 Å². The molecule has 0 radical (unpaired) electrons. The van der Waals surface area contributed by atoms with Crippen LogP contribution in [0.15, 0.2) is 48.5 Å². The Bertz CT molecular complexity index is 1050. The maximum Gasteiger partial charge on any atom is 0.325 e. The maximum atomic E-state index is 13.0. The second kappa shape index (κ2) is 6.69. The molecule has 4 amide bonds. The number of non-ortho nitro benzene ring substituents is 1. The van der Waals surface area contributed by atoms with E-state index in [2.05, 4.69) is 5.32 Å². The molecule has 0 bridgehead atoms. The summed E-state index contributed by atoms with van der Waals surface area (Å²) in [6, 6.07) is 12.3. The van der Waals surface area contributed by atoms with Gasteiger partial charge < -0.3 is 10.2 Å². The van der Waals surface area contributed by atoms with E-state index in [9.17, 15) is 24.5 Å². The molecule has 148 valence electrons. The molecule has 1 atom stereocenters. The SMILES string of the molecule is CC1(c2cccc([N+](=O)[O-])c2)NC(=O)N(CC(=O)N2CCc3ccccc32)C1=O. The number of anilines is 1. The molecule has 1 N–H and O–H groups in total. The second-order valence-electron chi connectivity index (χ2n) is 7.18. The summed E-state index contributed by atoms with van der Waals surface area (Å²) in [5.41, 5.74) is 0.442. The zero-order chi connectivity index (χ0) is 20.8. The summed E-state index contributed by atoms with van der Waals surface area (Å²) in [7, 11) is 0. The molecule has 0 saturated carbocycles. The molecule has 1 unspecified atom stereocenters. The molecule has 1 saturated heterocycles. The zero-order valence-corrected chi connectivity index (χ0v) is 15.6. The van der Waals surface area contributed by atoms with Crippen molar-refractivity contribution in [1.82, 2.24) is 10.2 Å². The quantitative estimate of drug-likeness (QED) is 0.484. The number of para-hydroxylation sites is 1. The van der Waals surface area contributed by atoms with Crippen LogP contribution in [0.1, 0.15) is 18.1 Å². The van der Waals surface area contributed by atoms with Gasteiger partial charge in [0.2, 0.25) is 5.91 Å². The third-order valence-electron chi connectivity index (χ3n) is 5.39. The molecule has 2 aliphatic rings. The molecule has 1 fully saturated rings. The van der Waals surface area contributed by atoms with Crippen molar-refractivity contribution in [1.29, 1.82) is 0 Å². The van der Waals surface area contributed by atoms with E-state index in [1.165, 1.54) is 31.2 Å². The van der Waals surface area contributed by atoms with Gasteiger partial charge in [-0.2, -0.15) is 0 Å². The fraction of sp³-hybridized carbons (Fsp3) is 0.250. The Labute approximate surface area is 166 Å². The molecule has 0 spiro atoms. The van der Waals surface area contributed by atoms with E-state index in [-0.39, 0.29) is 17.2 Å². The van der Waals surface area contributed by atoms with Crippen molar-refractivity contribution in [2.45, 2.75) is 18.9 Å². The van der Waals surface area contributed by atoms with Gasteiger partial charge in [-0.1, -0.05) is 30.3 Å². The number of nitrogens with one attached hydrogen (secondary N) is 1. The van der Waals surface area contributed by atoms with Gasteiger partial charge in [-0.3, -0.25) is 24.6 Å². The number of benzene rings is 2. The van der Waals surface area contributed by atoms with Crippen LogP contribution >= 0.6 is 0 Å². The van der Waals surface area contributed by atoms with Crippen LogP contribution in [0.25, 0.3) is 0 Å². The number of hydrogen-bond acceptors (Lipinski definition) is 5. The van der Waals surface area contributed by atoms with Crippen molar-refractivity contribution < 1.29 is 19.3 Å². The van der Waals surface area contributed by atoms with Gasteiger partial charge in [0.05, 0.1) is 4.92 Å². The Morgan fingerprint density at radius 1 is 1.21 bits per heavy atom. The van der Waals surface area contributed by atoms with Crippen molar-refractivity contribution in [2.24, 2.45) is 0 Å². The lowest BCUT2D eigenvalue weighted by molar-refractivity contribution is -0.385. The van der Waals surface area contributed by atoms with Crippen LogP contribution < -0.4 is 10.2 Å². The zero-order valence-electron chi connectivity index (χ0n) is 15.6. The third-order valence-corrected chi connectivity index (χ3v) is 5.39. The monoisotopic (exact) mass is 394 g/mol. The smallest absolute Gasteiger partial charge is 0.319 e. The largest absolute Gasteiger partial charge is 0.325 e. The highest BCUT2D eigenvalue weighted by Gasteiger charge is 2.50. The van der Waals surface area contributed by atoms with Crippen LogP contribution in [0.5, 0.6) is 0 Å². The summed E-state index contributed by atoms with van der Waals surface area (Å²) >= 11 is 0. The molecule has 29 heavy (non-hydrogen) atoms. The minimum absolute atomic E-state index is 0.186. The number of rotatable bonds is 4. The van der Waals surface area contributed by atoms with Gasteiger partial charge in [0.15, 0.2) is 0 Å². The first-order chi connectivity index (χ1) is 13.8. The van der Waals surface area contributed by atoms with Gasteiger partial charge in [-0.05, 0) is 30.5 Å². The summed E-state index contributed by atoms with van der Waals surface area (Å²) < 4.78 is 0. The summed E-state index contributed by atoms with van der Waals surface area (Å²) in [5, 5.41) is 13.6. The number of carbonyl (C=O) groups is 3. The molecular formula is C20H18N4O5. The first-order valence-electron chi connectivity index (χ1n) is 9.08. The van der Waals surface area contributed by atoms with E-state index in [0.717, 1.165) is 16.2 Å².